The number of rotatable bonds is 9. The number of urea groups is 1. The lowest BCUT2D eigenvalue weighted by atomic mass is 10.1. The van der Waals surface area contributed by atoms with Gasteiger partial charge in [-0.05, 0) is 12.8 Å². The third-order valence-corrected chi connectivity index (χ3v) is 4.22. The molecule has 0 saturated heterocycles. The molecule has 0 spiro atoms. The summed E-state index contributed by atoms with van der Waals surface area (Å²) < 4.78 is 11.1. The minimum Gasteiger partial charge on any atom is -0.480 e. The third kappa shape index (κ3) is 8.58. The molecule has 3 N–H and O–H groups in total. The van der Waals surface area contributed by atoms with Crippen molar-refractivity contribution in [3.63, 3.8) is 0 Å². The van der Waals surface area contributed by atoms with Crippen LogP contribution in [0.5, 0.6) is 0 Å². The zero-order chi connectivity index (χ0) is 14.8. The Balaban J connectivity index is 3.99. The number of aliphatic carboxylic acids is 1. The third-order valence-electron chi connectivity index (χ3n) is 2.85. The summed E-state index contributed by atoms with van der Waals surface area (Å²) in [6.07, 6.45) is 4.28. The van der Waals surface area contributed by atoms with Crippen LogP contribution in [0.4, 0.5) is 4.79 Å². The summed E-state index contributed by atoms with van der Waals surface area (Å²) in [4.78, 5) is 22.4. The quantitative estimate of drug-likeness (QED) is 0.592. The molecule has 6 nitrogen and oxygen atoms in total. The lowest BCUT2D eigenvalue weighted by Gasteiger charge is -2.15. The Morgan fingerprint density at radius 1 is 1.32 bits per heavy atom. The van der Waals surface area contributed by atoms with Crippen LogP contribution in [0.3, 0.4) is 0 Å². The van der Waals surface area contributed by atoms with Gasteiger partial charge >= 0.3 is 12.0 Å². The van der Waals surface area contributed by atoms with Crippen molar-refractivity contribution in [2.45, 2.75) is 50.8 Å². The predicted molar refractivity (Wildman–Crippen MR) is 75.6 cm³/mol. The van der Waals surface area contributed by atoms with Crippen molar-refractivity contribution in [2.24, 2.45) is 0 Å². The number of amides is 2. The van der Waals surface area contributed by atoms with Crippen LogP contribution < -0.4 is 10.6 Å². The van der Waals surface area contributed by atoms with Gasteiger partial charge in [-0.25, -0.2) is 9.59 Å². The molecule has 0 aromatic carbocycles. The number of nitrogens with one attached hydrogen (secondary N) is 2. The van der Waals surface area contributed by atoms with Crippen LogP contribution in [-0.2, 0) is 15.6 Å². The minimum atomic E-state index is -1.02. The summed E-state index contributed by atoms with van der Waals surface area (Å²) >= 11 is 0. The molecule has 7 heteroatoms. The fraction of sp³-hybridized carbons (Fsp3) is 0.833. The zero-order valence-corrected chi connectivity index (χ0v) is 12.6. The van der Waals surface area contributed by atoms with E-state index in [0.717, 1.165) is 12.8 Å². The highest BCUT2D eigenvalue weighted by Gasteiger charge is 2.18. The summed E-state index contributed by atoms with van der Waals surface area (Å²) in [6.45, 7) is 4.19. The molecular weight excluding hydrogens is 268 g/mol. The van der Waals surface area contributed by atoms with E-state index in [1.165, 1.54) is 0 Å². The monoisotopic (exact) mass is 292 g/mol. The minimum absolute atomic E-state index is 0.00987. The molecule has 3 atom stereocenters. The Hall–Kier alpha value is -1.11. The molecular formula is C12H24N2O4S. The Morgan fingerprint density at radius 2 is 1.95 bits per heavy atom. The van der Waals surface area contributed by atoms with E-state index in [4.69, 9.17) is 5.11 Å². The summed E-state index contributed by atoms with van der Waals surface area (Å²) in [6, 6.07) is -1.34. The lowest BCUT2D eigenvalue weighted by Crippen LogP contribution is -2.46. The van der Waals surface area contributed by atoms with Gasteiger partial charge in [-0.3, -0.25) is 4.21 Å². The lowest BCUT2D eigenvalue weighted by molar-refractivity contribution is -0.139. The molecule has 0 bridgehead atoms. The van der Waals surface area contributed by atoms with Gasteiger partial charge in [-0.2, -0.15) is 0 Å². The zero-order valence-electron chi connectivity index (χ0n) is 11.8. The van der Waals surface area contributed by atoms with Gasteiger partial charge in [0.15, 0.2) is 0 Å². The first kappa shape index (κ1) is 17.9. The normalized spacial score (nSPS) is 15.3. The number of carboxylic acid groups (broad SMARTS) is 1. The van der Waals surface area contributed by atoms with Crippen molar-refractivity contribution >= 4 is 22.8 Å². The van der Waals surface area contributed by atoms with E-state index >= 15 is 0 Å². The Labute approximate surface area is 116 Å². The summed E-state index contributed by atoms with van der Waals surface area (Å²) in [5, 5.41) is 14.0. The van der Waals surface area contributed by atoms with E-state index in [2.05, 4.69) is 10.6 Å². The molecule has 2 unspecified atom stereocenters. The molecule has 0 fully saturated rings. The second-order valence-electron chi connectivity index (χ2n) is 4.53. The maximum atomic E-state index is 11.5. The molecule has 0 aromatic rings. The molecule has 0 saturated carbocycles. The van der Waals surface area contributed by atoms with E-state index in [1.54, 1.807) is 6.26 Å². The van der Waals surface area contributed by atoms with Crippen molar-refractivity contribution in [1.82, 2.24) is 10.6 Å². The molecule has 0 rings (SSSR count). The predicted octanol–water partition coefficient (Wildman–Crippen LogP) is 1.09. The molecule has 0 aliphatic carbocycles. The van der Waals surface area contributed by atoms with Crippen LogP contribution >= 0.6 is 0 Å². The van der Waals surface area contributed by atoms with E-state index in [9.17, 15) is 13.8 Å². The van der Waals surface area contributed by atoms with Gasteiger partial charge in [0.1, 0.15) is 6.04 Å². The van der Waals surface area contributed by atoms with Gasteiger partial charge in [-0.15, -0.1) is 0 Å². The Morgan fingerprint density at radius 3 is 2.42 bits per heavy atom. The Bertz CT molecular complexity index is 323. The number of carbonyl (C=O) groups is 2. The molecule has 19 heavy (non-hydrogen) atoms. The maximum Gasteiger partial charge on any atom is 0.326 e. The smallest absolute Gasteiger partial charge is 0.326 e. The van der Waals surface area contributed by atoms with E-state index in [0.29, 0.717) is 19.4 Å². The Kier molecular flexibility index (Phi) is 9.20. The van der Waals surface area contributed by atoms with Crippen molar-refractivity contribution < 1.29 is 18.9 Å². The van der Waals surface area contributed by atoms with Crippen LogP contribution in [0.25, 0.3) is 0 Å². The van der Waals surface area contributed by atoms with Crippen molar-refractivity contribution in [3.8, 4) is 0 Å². The van der Waals surface area contributed by atoms with Crippen molar-refractivity contribution in [1.29, 1.82) is 0 Å². The second kappa shape index (κ2) is 9.77. The molecule has 2 amide bonds. The molecule has 112 valence electrons. The first-order valence-electron chi connectivity index (χ1n) is 6.47. The first-order chi connectivity index (χ1) is 8.88. The van der Waals surface area contributed by atoms with Gasteiger partial charge in [0.2, 0.25) is 0 Å². The van der Waals surface area contributed by atoms with E-state index in [-0.39, 0.29) is 5.25 Å². The molecule has 0 aliphatic rings. The van der Waals surface area contributed by atoms with Crippen LogP contribution in [0.1, 0.15) is 39.5 Å². The van der Waals surface area contributed by atoms with Crippen LogP contribution in [0, 0.1) is 0 Å². The van der Waals surface area contributed by atoms with Crippen LogP contribution in [0.2, 0.25) is 0 Å². The van der Waals surface area contributed by atoms with Gasteiger partial charge in [0, 0.05) is 28.9 Å². The number of hydrogen-bond donors (Lipinski definition) is 3. The highest BCUT2D eigenvalue weighted by Crippen LogP contribution is 2.01. The first-order valence-corrected chi connectivity index (χ1v) is 8.10. The summed E-state index contributed by atoms with van der Waals surface area (Å²) in [5.74, 6) is -1.02. The second-order valence-corrected chi connectivity index (χ2v) is 6.33. The largest absolute Gasteiger partial charge is 0.480 e. The molecule has 0 aliphatic heterocycles. The number of unbranched alkanes of at least 4 members (excludes halogenated alkanes) is 1. The fourth-order valence-corrected chi connectivity index (χ4v) is 1.88. The average molecular weight is 292 g/mol. The summed E-state index contributed by atoms with van der Waals surface area (Å²) in [7, 11) is -0.913. The van der Waals surface area contributed by atoms with E-state index < -0.39 is 28.8 Å². The topological polar surface area (TPSA) is 95.5 Å². The van der Waals surface area contributed by atoms with E-state index in [1.807, 2.05) is 13.8 Å². The fourth-order valence-electron chi connectivity index (χ4n) is 1.43. The SMILES string of the molecule is CCCC[C@H](NC(=O)NCCC(C)S(C)=O)C(=O)O. The maximum absolute atomic E-state index is 11.5. The number of carbonyl (C=O) groups excluding carboxylic acids is 1. The molecule has 0 aromatic heterocycles. The van der Waals surface area contributed by atoms with Gasteiger partial charge in [0.25, 0.3) is 0 Å². The average Bonchev–Trinajstić information content (AvgIpc) is 2.33. The van der Waals surface area contributed by atoms with Crippen LogP contribution in [0.15, 0.2) is 0 Å². The van der Waals surface area contributed by atoms with Gasteiger partial charge in [0.05, 0.1) is 0 Å². The van der Waals surface area contributed by atoms with Crippen molar-refractivity contribution in [2.75, 3.05) is 12.8 Å². The standard InChI is InChI=1S/C12H24N2O4S/c1-4-5-6-10(11(15)16)14-12(17)13-8-7-9(2)19(3)18/h9-10H,4-8H2,1-3H3,(H,15,16)(H2,13,14,17)/t9?,10-,19?/m0/s1. The van der Waals surface area contributed by atoms with Crippen LogP contribution in [-0.4, -0.2) is 45.4 Å². The van der Waals surface area contributed by atoms with Crippen molar-refractivity contribution in [3.05, 3.63) is 0 Å². The molecule has 0 heterocycles. The summed E-state index contributed by atoms with van der Waals surface area (Å²) in [5.41, 5.74) is 0. The number of carboxylic acids is 1. The highest BCUT2D eigenvalue weighted by molar-refractivity contribution is 7.84. The van der Waals surface area contributed by atoms with Gasteiger partial charge < -0.3 is 15.7 Å². The number of hydrogen-bond acceptors (Lipinski definition) is 3. The highest BCUT2D eigenvalue weighted by atomic mass is 32.2. The van der Waals surface area contributed by atoms with Gasteiger partial charge in [-0.1, -0.05) is 26.7 Å². The molecule has 0 radical (unpaired) electrons.